The van der Waals surface area contributed by atoms with E-state index in [4.69, 9.17) is 26.8 Å². The summed E-state index contributed by atoms with van der Waals surface area (Å²) in [6.07, 6.45) is 2.66. The van der Waals surface area contributed by atoms with E-state index in [2.05, 4.69) is 0 Å². The predicted molar refractivity (Wildman–Crippen MR) is 172 cm³/mol. The molecule has 4 aromatic rings. The highest BCUT2D eigenvalue weighted by Gasteiger charge is 2.27. The maximum Gasteiger partial charge on any atom is 0.306 e. The van der Waals surface area contributed by atoms with E-state index >= 15 is 0 Å². The lowest BCUT2D eigenvalue weighted by atomic mass is 9.96. The molecule has 4 rings (SSSR count). The van der Waals surface area contributed by atoms with E-state index in [9.17, 15) is 25.3 Å². The molecule has 0 amide bonds. The van der Waals surface area contributed by atoms with E-state index in [1.54, 1.807) is 12.1 Å². The average molecular weight is 693 g/mol. The molecule has 0 bridgehead atoms. The van der Waals surface area contributed by atoms with Crippen LogP contribution in [-0.4, -0.2) is 58.2 Å². The molecule has 0 N–H and O–H groups in total. The first kappa shape index (κ1) is 34.4. The summed E-state index contributed by atoms with van der Waals surface area (Å²) < 4.78 is 105. The molecular formula is C31H32O12S3. The van der Waals surface area contributed by atoms with Gasteiger partial charge < -0.3 is 26.8 Å². The highest BCUT2D eigenvalue weighted by atomic mass is 32.2. The Kier molecular flexibility index (Phi) is 10.1. The van der Waals surface area contributed by atoms with Gasteiger partial charge in [-0.25, -0.2) is 0 Å². The second-order valence-corrected chi connectivity index (χ2v) is 14.9. The second kappa shape index (κ2) is 13.5. The lowest BCUT2D eigenvalue weighted by Crippen LogP contribution is -2.10. The summed E-state index contributed by atoms with van der Waals surface area (Å²) >= 11 is 0. The molecule has 0 spiro atoms. The van der Waals surface area contributed by atoms with Crippen molar-refractivity contribution in [1.29, 1.82) is 0 Å². The highest BCUT2D eigenvalue weighted by molar-refractivity contribution is 7.86. The fraction of sp³-hybridized carbons (Fsp3) is 0.226. The molecule has 0 aliphatic heterocycles. The van der Waals surface area contributed by atoms with Gasteiger partial charge in [0, 0.05) is 5.56 Å². The van der Waals surface area contributed by atoms with E-state index in [1.807, 2.05) is 31.2 Å². The molecule has 0 unspecified atom stereocenters. The third-order valence-corrected chi connectivity index (χ3v) is 7.71. The van der Waals surface area contributed by atoms with Crippen molar-refractivity contribution in [3.05, 3.63) is 83.9 Å². The summed E-state index contributed by atoms with van der Waals surface area (Å²) in [7, 11) is -9.25. The van der Waals surface area contributed by atoms with Crippen LogP contribution in [0.2, 0.25) is 0 Å². The molecule has 0 aromatic heterocycles. The zero-order valence-corrected chi connectivity index (χ0v) is 28.2. The first-order valence-corrected chi connectivity index (χ1v) is 18.8. The van der Waals surface area contributed by atoms with Crippen molar-refractivity contribution in [2.45, 2.75) is 13.5 Å². The van der Waals surface area contributed by atoms with Gasteiger partial charge >= 0.3 is 30.4 Å². The Labute approximate surface area is 268 Å². The van der Waals surface area contributed by atoms with Crippen molar-refractivity contribution in [2.75, 3.05) is 33.0 Å². The molecule has 0 aliphatic carbocycles. The Balaban J connectivity index is 1.88. The summed E-state index contributed by atoms with van der Waals surface area (Å²) in [5.74, 6) is -0.0673. The van der Waals surface area contributed by atoms with Gasteiger partial charge in [0.15, 0.2) is 23.0 Å². The van der Waals surface area contributed by atoms with Crippen LogP contribution in [0, 0.1) is 6.92 Å². The molecule has 0 saturated carbocycles. The zero-order chi connectivity index (χ0) is 33.9. The van der Waals surface area contributed by atoms with Crippen molar-refractivity contribution in [2.24, 2.45) is 0 Å². The topological polar surface area (TPSA) is 158 Å². The van der Waals surface area contributed by atoms with Gasteiger partial charge in [-0.3, -0.25) is 0 Å². The molecular weight excluding hydrogens is 661 g/mol. The van der Waals surface area contributed by atoms with Crippen molar-refractivity contribution in [1.82, 2.24) is 0 Å². The van der Waals surface area contributed by atoms with Crippen LogP contribution in [-0.2, 0) is 37.0 Å². The Bertz CT molecular complexity index is 2050. The molecule has 12 nitrogen and oxygen atoms in total. The van der Waals surface area contributed by atoms with Gasteiger partial charge in [-0.2, -0.15) is 25.3 Å². The van der Waals surface area contributed by atoms with Crippen LogP contribution in [0.4, 0.5) is 0 Å². The Morgan fingerprint density at radius 1 is 0.565 bits per heavy atom. The third-order valence-electron chi connectivity index (χ3n) is 6.26. The number of methoxy groups -OCH3 is 2. The van der Waals surface area contributed by atoms with E-state index in [-0.39, 0.29) is 52.2 Å². The standard InChI is InChI=1S/C31H32O12S3/c1-20-7-9-21(10-8-20)19-40-26-16-13-23(17-27(26)42-45(5,34)35)25-18-28(38-2)29(31(30(25)39-3)43-46(6,36)37)22-11-14-24(15-12-22)41-44(4,32)33/h7-18H,19H2,1-6H3. The van der Waals surface area contributed by atoms with Gasteiger partial charge in [0.2, 0.25) is 0 Å². The van der Waals surface area contributed by atoms with Gasteiger partial charge in [0.05, 0.1) is 38.6 Å². The summed E-state index contributed by atoms with van der Waals surface area (Å²) in [5.41, 5.74) is 3.08. The summed E-state index contributed by atoms with van der Waals surface area (Å²) in [5, 5.41) is 0. The third kappa shape index (κ3) is 9.05. The predicted octanol–water partition coefficient (Wildman–Crippen LogP) is 4.94. The van der Waals surface area contributed by atoms with E-state index < -0.39 is 30.4 Å². The van der Waals surface area contributed by atoms with Crippen molar-refractivity contribution in [3.8, 4) is 56.8 Å². The number of hydrogen-bond acceptors (Lipinski definition) is 12. The van der Waals surface area contributed by atoms with Crippen molar-refractivity contribution >= 4 is 30.4 Å². The van der Waals surface area contributed by atoms with Gasteiger partial charge in [-0.05, 0) is 53.9 Å². The molecule has 0 fully saturated rings. The van der Waals surface area contributed by atoms with E-state index in [1.165, 1.54) is 50.6 Å². The summed E-state index contributed by atoms with van der Waals surface area (Å²) in [6, 6.07) is 19.4. The first-order valence-electron chi connectivity index (χ1n) is 13.4. The monoisotopic (exact) mass is 692 g/mol. The number of ether oxygens (including phenoxy) is 3. The number of rotatable bonds is 13. The molecule has 0 heterocycles. The minimum absolute atomic E-state index is 0.0301. The molecule has 4 aromatic carbocycles. The number of aryl methyl sites for hydroxylation is 1. The fourth-order valence-electron chi connectivity index (χ4n) is 4.42. The second-order valence-electron chi connectivity index (χ2n) is 10.2. The molecule has 46 heavy (non-hydrogen) atoms. The molecule has 246 valence electrons. The smallest absolute Gasteiger partial charge is 0.306 e. The molecule has 15 heteroatoms. The summed E-state index contributed by atoms with van der Waals surface area (Å²) in [4.78, 5) is 0. The number of benzene rings is 4. The van der Waals surface area contributed by atoms with Gasteiger partial charge in [-0.1, -0.05) is 48.0 Å². The van der Waals surface area contributed by atoms with Crippen LogP contribution in [0.3, 0.4) is 0 Å². The molecule has 0 atom stereocenters. The molecule has 0 radical (unpaired) electrons. The van der Waals surface area contributed by atoms with Crippen LogP contribution in [0.15, 0.2) is 72.8 Å². The lowest BCUT2D eigenvalue weighted by molar-refractivity contribution is 0.296. The van der Waals surface area contributed by atoms with Gasteiger partial charge in [0.1, 0.15) is 18.1 Å². The quantitative estimate of drug-likeness (QED) is 0.174. The Hall–Kier alpha value is -4.47. The van der Waals surface area contributed by atoms with Crippen LogP contribution in [0.5, 0.6) is 34.5 Å². The van der Waals surface area contributed by atoms with Crippen LogP contribution in [0.25, 0.3) is 22.3 Å². The van der Waals surface area contributed by atoms with Gasteiger partial charge in [-0.15, -0.1) is 0 Å². The van der Waals surface area contributed by atoms with Crippen LogP contribution >= 0.6 is 0 Å². The van der Waals surface area contributed by atoms with E-state index in [0.29, 0.717) is 11.1 Å². The van der Waals surface area contributed by atoms with Crippen molar-refractivity contribution in [3.63, 3.8) is 0 Å². The molecule has 0 saturated heterocycles. The van der Waals surface area contributed by atoms with Gasteiger partial charge in [0.25, 0.3) is 0 Å². The normalized spacial score (nSPS) is 11.9. The maximum atomic E-state index is 12.5. The first-order chi connectivity index (χ1) is 21.5. The SMILES string of the molecule is COc1cc(-c2ccc(OCc3ccc(C)cc3)c(OS(C)(=O)=O)c2)c(OC)c(OS(C)(=O)=O)c1-c1ccc(OS(C)(=O)=O)cc1. The lowest BCUT2D eigenvalue weighted by Gasteiger charge is -2.21. The number of hydrogen-bond donors (Lipinski definition) is 0. The largest absolute Gasteiger partial charge is 0.496 e. The Morgan fingerprint density at radius 3 is 1.70 bits per heavy atom. The van der Waals surface area contributed by atoms with Crippen LogP contribution in [0.1, 0.15) is 11.1 Å². The maximum absolute atomic E-state index is 12.5. The molecule has 0 aliphatic rings. The minimum atomic E-state index is -4.14. The fourth-order valence-corrected chi connectivity index (χ4v) is 5.80. The zero-order valence-electron chi connectivity index (χ0n) is 25.8. The summed E-state index contributed by atoms with van der Waals surface area (Å²) in [6.45, 7) is 2.09. The minimum Gasteiger partial charge on any atom is -0.496 e. The van der Waals surface area contributed by atoms with Crippen LogP contribution < -0.4 is 26.8 Å². The average Bonchev–Trinajstić information content (AvgIpc) is 2.95. The van der Waals surface area contributed by atoms with Crippen molar-refractivity contribution < 1.29 is 52.0 Å². The van der Waals surface area contributed by atoms with E-state index in [0.717, 1.165) is 29.9 Å². The highest BCUT2D eigenvalue weighted by Crippen LogP contribution is 2.51. The Morgan fingerprint density at radius 2 is 1.15 bits per heavy atom.